The monoisotopic (exact) mass is 400 g/mol. The number of rotatable bonds is 4. The van der Waals surface area contributed by atoms with Crippen LogP contribution in [0.5, 0.6) is 5.75 Å². The smallest absolute Gasteiger partial charge is 0.222 e. The number of benzene rings is 1. The molecule has 0 bridgehead atoms. The van der Waals surface area contributed by atoms with Gasteiger partial charge in [-0.25, -0.2) is 0 Å². The maximum absolute atomic E-state index is 12.2. The first-order chi connectivity index (χ1) is 14.2. The molecule has 4 nitrogen and oxygen atoms in total. The zero-order chi connectivity index (χ0) is 20.5. The lowest BCUT2D eigenvalue weighted by Crippen LogP contribution is -2.48. The Balaban J connectivity index is 1.71. The molecule has 1 aromatic carbocycles. The summed E-state index contributed by atoms with van der Waals surface area (Å²) in [6, 6.07) is 8.56. The first kappa shape index (κ1) is 22.1. The fourth-order valence-electron chi connectivity index (χ4n) is 5.02. The van der Waals surface area contributed by atoms with Crippen LogP contribution >= 0.6 is 0 Å². The minimum Gasteiger partial charge on any atom is -0.492 e. The Bertz CT molecular complexity index is 637. The van der Waals surface area contributed by atoms with Crippen LogP contribution < -0.4 is 4.74 Å². The van der Waals surface area contributed by atoms with Crippen molar-refractivity contribution in [3.05, 3.63) is 29.8 Å². The lowest BCUT2D eigenvalue weighted by Gasteiger charge is -2.45. The predicted molar refractivity (Wildman–Crippen MR) is 119 cm³/mol. The van der Waals surface area contributed by atoms with Gasteiger partial charge in [0.1, 0.15) is 12.4 Å². The number of likely N-dealkylation sites (tertiary alicyclic amines) is 1. The normalized spacial score (nSPS) is 21.0. The second-order valence-corrected chi connectivity index (χ2v) is 9.03. The number of hydrogen-bond acceptors (Lipinski definition) is 3. The van der Waals surface area contributed by atoms with Gasteiger partial charge in [0, 0.05) is 32.6 Å². The Kier molecular flexibility index (Phi) is 8.40. The molecule has 29 heavy (non-hydrogen) atoms. The minimum absolute atomic E-state index is 0.320. The minimum atomic E-state index is 0.320. The summed E-state index contributed by atoms with van der Waals surface area (Å²) in [5.74, 6) is 1.39. The third-order valence-corrected chi connectivity index (χ3v) is 6.91. The summed E-state index contributed by atoms with van der Waals surface area (Å²) >= 11 is 0. The van der Waals surface area contributed by atoms with E-state index in [1.54, 1.807) is 0 Å². The molecule has 162 valence electrons. The van der Waals surface area contributed by atoms with Crippen LogP contribution in [0.3, 0.4) is 0 Å². The number of carbonyl (C=O) groups excluding carboxylic acids is 1. The lowest BCUT2D eigenvalue weighted by molar-refractivity contribution is -0.133. The van der Waals surface area contributed by atoms with Gasteiger partial charge in [-0.15, -0.1) is 0 Å². The van der Waals surface area contributed by atoms with Crippen molar-refractivity contribution < 1.29 is 9.53 Å². The number of amides is 1. The zero-order valence-corrected chi connectivity index (χ0v) is 18.6. The van der Waals surface area contributed by atoms with Crippen molar-refractivity contribution in [2.24, 2.45) is 5.41 Å². The van der Waals surface area contributed by atoms with E-state index in [-0.39, 0.29) is 0 Å². The molecule has 4 heteroatoms. The summed E-state index contributed by atoms with van der Waals surface area (Å²) < 4.78 is 6.21. The van der Waals surface area contributed by atoms with Crippen LogP contribution in [0.1, 0.15) is 70.8 Å². The van der Waals surface area contributed by atoms with Crippen molar-refractivity contribution >= 4 is 5.91 Å². The molecular weight excluding hydrogens is 360 g/mol. The second-order valence-electron chi connectivity index (χ2n) is 9.03. The van der Waals surface area contributed by atoms with Gasteiger partial charge in [-0.2, -0.15) is 0 Å². The summed E-state index contributed by atoms with van der Waals surface area (Å²) in [5.41, 5.74) is 1.71. The molecule has 0 unspecified atom stereocenters. The molecule has 1 spiro atoms. The summed E-state index contributed by atoms with van der Waals surface area (Å²) in [7, 11) is 0. The van der Waals surface area contributed by atoms with E-state index in [1.807, 2.05) is 6.92 Å². The molecule has 1 saturated heterocycles. The van der Waals surface area contributed by atoms with Crippen LogP contribution in [0.2, 0.25) is 0 Å². The predicted octanol–water partition coefficient (Wildman–Crippen LogP) is 4.91. The fourth-order valence-corrected chi connectivity index (χ4v) is 5.02. The quantitative estimate of drug-likeness (QED) is 0.720. The highest BCUT2D eigenvalue weighted by Gasteiger charge is 2.36. The van der Waals surface area contributed by atoms with Crippen LogP contribution in [-0.2, 0) is 11.2 Å². The van der Waals surface area contributed by atoms with E-state index in [0.717, 1.165) is 64.3 Å². The molecule has 0 saturated carbocycles. The van der Waals surface area contributed by atoms with Crippen molar-refractivity contribution in [2.45, 2.75) is 71.6 Å². The SMILES string of the molecule is CCCCN1CCOc2ccccc2CCCCC2(CCN(C(=O)CC)CC2)C1. The molecule has 2 aliphatic heterocycles. The van der Waals surface area contributed by atoms with Gasteiger partial charge in [0.2, 0.25) is 5.91 Å². The van der Waals surface area contributed by atoms with Crippen molar-refractivity contribution in [2.75, 3.05) is 39.3 Å². The molecule has 2 aliphatic rings. The average molecular weight is 401 g/mol. The van der Waals surface area contributed by atoms with Gasteiger partial charge in [0.15, 0.2) is 0 Å². The van der Waals surface area contributed by atoms with Crippen LogP contribution in [0.25, 0.3) is 0 Å². The molecule has 2 heterocycles. The third-order valence-electron chi connectivity index (χ3n) is 6.91. The number of carbonyl (C=O) groups is 1. The average Bonchev–Trinajstić information content (AvgIpc) is 2.75. The highest BCUT2D eigenvalue weighted by molar-refractivity contribution is 5.75. The molecular formula is C25H40N2O2. The Hall–Kier alpha value is -1.55. The highest BCUT2D eigenvalue weighted by Crippen LogP contribution is 2.38. The molecule has 0 N–H and O–H groups in total. The molecule has 1 fully saturated rings. The first-order valence-electron chi connectivity index (χ1n) is 11.9. The number of hydrogen-bond donors (Lipinski definition) is 0. The van der Waals surface area contributed by atoms with Crippen LogP contribution in [0, 0.1) is 5.41 Å². The van der Waals surface area contributed by atoms with Crippen molar-refractivity contribution in [3.8, 4) is 5.75 Å². The number of fused-ring (bicyclic) bond motifs is 1. The Morgan fingerprint density at radius 2 is 1.86 bits per heavy atom. The van der Waals surface area contributed by atoms with E-state index in [9.17, 15) is 4.79 Å². The molecule has 0 radical (unpaired) electrons. The van der Waals surface area contributed by atoms with Gasteiger partial charge >= 0.3 is 0 Å². The van der Waals surface area contributed by atoms with E-state index in [4.69, 9.17) is 4.74 Å². The van der Waals surface area contributed by atoms with Gasteiger partial charge in [0.25, 0.3) is 0 Å². The molecule has 0 atom stereocenters. The molecule has 0 aliphatic carbocycles. The molecule has 3 rings (SSSR count). The van der Waals surface area contributed by atoms with E-state index in [1.165, 1.54) is 37.7 Å². The van der Waals surface area contributed by atoms with Crippen LogP contribution in [0.4, 0.5) is 0 Å². The number of para-hydroxylation sites is 1. The van der Waals surface area contributed by atoms with E-state index in [2.05, 4.69) is 41.0 Å². The van der Waals surface area contributed by atoms with Crippen LogP contribution in [-0.4, -0.2) is 55.0 Å². The lowest BCUT2D eigenvalue weighted by atomic mass is 9.73. The molecule has 1 aromatic rings. The summed E-state index contributed by atoms with van der Waals surface area (Å²) in [6.45, 7) is 10.2. The fraction of sp³-hybridized carbons (Fsp3) is 0.720. The maximum Gasteiger partial charge on any atom is 0.222 e. The van der Waals surface area contributed by atoms with E-state index < -0.39 is 0 Å². The van der Waals surface area contributed by atoms with Crippen molar-refractivity contribution in [1.29, 1.82) is 0 Å². The number of nitrogens with zero attached hydrogens (tertiary/aromatic N) is 2. The number of piperidine rings is 1. The zero-order valence-electron chi connectivity index (χ0n) is 18.6. The highest BCUT2D eigenvalue weighted by atomic mass is 16.5. The van der Waals surface area contributed by atoms with Gasteiger partial charge in [0.05, 0.1) is 0 Å². The number of ether oxygens (including phenoxy) is 1. The maximum atomic E-state index is 12.2. The Labute approximate surface area is 177 Å². The van der Waals surface area contributed by atoms with Gasteiger partial charge in [-0.3, -0.25) is 9.69 Å². The van der Waals surface area contributed by atoms with Gasteiger partial charge < -0.3 is 9.64 Å². The largest absolute Gasteiger partial charge is 0.492 e. The summed E-state index contributed by atoms with van der Waals surface area (Å²) in [4.78, 5) is 16.9. The molecule has 1 amide bonds. The van der Waals surface area contributed by atoms with Crippen LogP contribution in [0.15, 0.2) is 24.3 Å². The first-order valence-corrected chi connectivity index (χ1v) is 11.9. The Morgan fingerprint density at radius 1 is 1.07 bits per heavy atom. The van der Waals surface area contributed by atoms with E-state index >= 15 is 0 Å². The van der Waals surface area contributed by atoms with Crippen molar-refractivity contribution in [3.63, 3.8) is 0 Å². The third kappa shape index (κ3) is 6.21. The number of unbranched alkanes of at least 4 members (excludes halogenated alkanes) is 1. The summed E-state index contributed by atoms with van der Waals surface area (Å²) in [6.07, 6.45) is 10.3. The standard InChI is InChI=1S/C25H40N2O2/c1-3-5-16-26-19-20-29-23-12-7-6-10-22(23)11-8-9-13-25(21-26)14-17-27(18-15-25)24(28)4-2/h6-7,10,12H,3-5,8-9,11,13-21H2,1-2H3. The number of aryl methyl sites for hydroxylation is 1. The van der Waals surface area contributed by atoms with Gasteiger partial charge in [-0.05, 0) is 62.1 Å². The van der Waals surface area contributed by atoms with E-state index in [0.29, 0.717) is 17.7 Å². The second kappa shape index (κ2) is 11.0. The Morgan fingerprint density at radius 3 is 2.62 bits per heavy atom. The summed E-state index contributed by atoms with van der Waals surface area (Å²) in [5, 5.41) is 0. The molecule has 0 aromatic heterocycles. The topological polar surface area (TPSA) is 32.8 Å². The van der Waals surface area contributed by atoms with Crippen molar-refractivity contribution in [1.82, 2.24) is 9.80 Å². The van der Waals surface area contributed by atoms with Gasteiger partial charge in [-0.1, -0.05) is 44.9 Å².